The fourth-order valence-electron chi connectivity index (χ4n) is 3.01. The molecule has 1 amide bonds. The average molecular weight is 411 g/mol. The summed E-state index contributed by atoms with van der Waals surface area (Å²) in [5, 5.41) is 6.70. The van der Waals surface area contributed by atoms with Crippen LogP contribution < -0.4 is 10.8 Å². The van der Waals surface area contributed by atoms with E-state index in [1.807, 2.05) is 27.7 Å². The summed E-state index contributed by atoms with van der Waals surface area (Å²) in [6, 6.07) is 5.03. The van der Waals surface area contributed by atoms with Crippen LogP contribution in [0.4, 0.5) is 9.18 Å². The van der Waals surface area contributed by atoms with Crippen LogP contribution in [-0.2, 0) is 15.9 Å². The molecule has 4 heterocycles. The smallest absolute Gasteiger partial charge is 0.399 e. The van der Waals surface area contributed by atoms with Crippen molar-refractivity contribution in [2.75, 3.05) is 0 Å². The van der Waals surface area contributed by atoms with E-state index in [0.29, 0.717) is 12.4 Å². The largest absolute Gasteiger partial charge is 0.496 e. The van der Waals surface area contributed by atoms with Crippen LogP contribution in [0.25, 0.3) is 5.82 Å². The number of hydrogen-bond donors (Lipinski definition) is 1. The van der Waals surface area contributed by atoms with Crippen molar-refractivity contribution in [1.29, 1.82) is 0 Å². The van der Waals surface area contributed by atoms with Crippen molar-refractivity contribution in [1.82, 2.24) is 24.6 Å². The van der Waals surface area contributed by atoms with Crippen LogP contribution >= 0.6 is 0 Å². The fraction of sp³-hybridized carbons (Fsp3) is 0.350. The van der Waals surface area contributed by atoms with Crippen LogP contribution in [0.15, 0.2) is 49.2 Å². The van der Waals surface area contributed by atoms with Gasteiger partial charge in [0.1, 0.15) is 0 Å². The van der Waals surface area contributed by atoms with E-state index in [4.69, 9.17) is 9.31 Å². The molecule has 3 aromatic rings. The van der Waals surface area contributed by atoms with Gasteiger partial charge in [-0.15, -0.1) is 0 Å². The second kappa shape index (κ2) is 7.37. The number of hydrogen-bond acceptors (Lipinski definition) is 5. The lowest BCUT2D eigenvalue weighted by atomic mass is 9.81. The second-order valence-corrected chi connectivity index (χ2v) is 8.23. The van der Waals surface area contributed by atoms with E-state index in [2.05, 4.69) is 15.4 Å². The molecule has 0 aromatic carbocycles. The number of nitrogens with zero attached hydrogens (tertiary/aromatic N) is 4. The lowest BCUT2D eigenvalue weighted by Crippen LogP contribution is -2.41. The molecule has 156 valence electrons. The first-order chi connectivity index (χ1) is 14.1. The maximum absolute atomic E-state index is 13.1. The van der Waals surface area contributed by atoms with Crippen molar-refractivity contribution in [3.63, 3.8) is 0 Å². The number of pyridine rings is 1. The third kappa shape index (κ3) is 3.88. The molecule has 1 aliphatic heterocycles. The van der Waals surface area contributed by atoms with E-state index in [1.165, 1.54) is 15.4 Å². The predicted molar refractivity (Wildman–Crippen MR) is 109 cm³/mol. The molecule has 1 saturated heterocycles. The molecule has 8 nitrogen and oxygen atoms in total. The Morgan fingerprint density at radius 3 is 2.47 bits per heavy atom. The Balaban J connectivity index is 1.36. The van der Waals surface area contributed by atoms with Crippen LogP contribution in [0.3, 0.4) is 0 Å². The van der Waals surface area contributed by atoms with E-state index < -0.39 is 24.1 Å². The Morgan fingerprint density at radius 1 is 1.13 bits per heavy atom. The van der Waals surface area contributed by atoms with E-state index in [0.717, 1.165) is 17.2 Å². The third-order valence-electron chi connectivity index (χ3n) is 5.51. The molecule has 0 saturated carbocycles. The zero-order valence-corrected chi connectivity index (χ0v) is 17.3. The van der Waals surface area contributed by atoms with E-state index in [1.54, 1.807) is 36.8 Å². The molecule has 10 heteroatoms. The summed E-state index contributed by atoms with van der Waals surface area (Å²) >= 11 is 0. The number of amides is 1. The van der Waals surface area contributed by atoms with Gasteiger partial charge in [0.05, 0.1) is 23.6 Å². The van der Waals surface area contributed by atoms with Gasteiger partial charge < -0.3 is 14.6 Å². The number of carbonyl (C=O) groups excluding carboxylic acids is 1. The lowest BCUT2D eigenvalue weighted by molar-refractivity contribution is 0.00578. The predicted octanol–water partition coefficient (Wildman–Crippen LogP) is 2.26. The Kier molecular flexibility index (Phi) is 4.99. The zero-order chi connectivity index (χ0) is 21.5. The zero-order valence-electron chi connectivity index (χ0n) is 17.3. The maximum Gasteiger partial charge on any atom is 0.496 e. The van der Waals surface area contributed by atoms with Gasteiger partial charge in [-0.05, 0) is 45.4 Å². The number of carbonyl (C=O) groups is 1. The molecule has 0 unspecified atom stereocenters. The van der Waals surface area contributed by atoms with Crippen LogP contribution in [0.5, 0.6) is 0 Å². The maximum atomic E-state index is 13.1. The molecule has 0 aliphatic carbocycles. The second-order valence-electron chi connectivity index (χ2n) is 8.23. The SMILES string of the molecule is CC1(C)OB(c2ccn(C(=O)NCc3ccc(-n4cc(F)cn4)nc3)c2)OC1(C)C. The third-order valence-corrected chi connectivity index (χ3v) is 5.51. The van der Waals surface area contributed by atoms with Crippen molar-refractivity contribution >= 4 is 18.6 Å². The highest BCUT2D eigenvalue weighted by molar-refractivity contribution is 6.62. The van der Waals surface area contributed by atoms with Crippen molar-refractivity contribution in [2.45, 2.75) is 45.4 Å². The molecular weight excluding hydrogens is 388 g/mol. The van der Waals surface area contributed by atoms with E-state index in [-0.39, 0.29) is 6.03 Å². The Morgan fingerprint density at radius 2 is 1.87 bits per heavy atom. The van der Waals surface area contributed by atoms with Crippen LogP contribution in [0, 0.1) is 5.82 Å². The minimum absolute atomic E-state index is 0.281. The molecule has 1 aliphatic rings. The summed E-state index contributed by atoms with van der Waals surface area (Å²) < 4.78 is 27.9. The molecule has 0 bridgehead atoms. The first-order valence-corrected chi connectivity index (χ1v) is 9.62. The highest BCUT2D eigenvalue weighted by atomic mass is 19.1. The number of halogens is 1. The first-order valence-electron chi connectivity index (χ1n) is 9.62. The highest BCUT2D eigenvalue weighted by Gasteiger charge is 2.51. The van der Waals surface area contributed by atoms with Crippen LogP contribution in [0.1, 0.15) is 33.3 Å². The molecular formula is C20H23BFN5O3. The number of nitrogens with one attached hydrogen (secondary N) is 1. The molecule has 1 fully saturated rings. The monoisotopic (exact) mass is 411 g/mol. The summed E-state index contributed by atoms with van der Waals surface area (Å²) in [5.74, 6) is 0.0613. The van der Waals surface area contributed by atoms with Gasteiger partial charge in [0.25, 0.3) is 0 Å². The van der Waals surface area contributed by atoms with Gasteiger partial charge in [0.15, 0.2) is 11.6 Å². The first kappa shape index (κ1) is 20.3. The van der Waals surface area contributed by atoms with Crippen LogP contribution in [0.2, 0.25) is 0 Å². The van der Waals surface area contributed by atoms with Crippen molar-refractivity contribution < 1.29 is 18.5 Å². The minimum Gasteiger partial charge on any atom is -0.399 e. The number of aromatic nitrogens is 4. The summed E-state index contributed by atoms with van der Waals surface area (Å²) in [6.45, 7) is 8.24. The molecule has 0 radical (unpaired) electrons. The van der Waals surface area contributed by atoms with Gasteiger partial charge in [0, 0.05) is 30.6 Å². The highest BCUT2D eigenvalue weighted by Crippen LogP contribution is 2.36. The quantitative estimate of drug-likeness (QED) is 0.666. The minimum atomic E-state index is -0.520. The van der Waals surface area contributed by atoms with E-state index in [9.17, 15) is 9.18 Å². The van der Waals surface area contributed by atoms with Gasteiger partial charge in [-0.3, -0.25) is 4.57 Å². The fourth-order valence-corrected chi connectivity index (χ4v) is 3.01. The molecule has 0 spiro atoms. The van der Waals surface area contributed by atoms with Gasteiger partial charge >= 0.3 is 13.1 Å². The van der Waals surface area contributed by atoms with Gasteiger partial charge in [-0.1, -0.05) is 6.07 Å². The summed E-state index contributed by atoms with van der Waals surface area (Å²) in [4.78, 5) is 16.7. The van der Waals surface area contributed by atoms with E-state index >= 15 is 0 Å². The standard InChI is InChI=1S/C20H23BFN5O3/c1-19(2)20(3,4)30-21(29-19)15-7-8-26(12-15)18(28)24-10-14-5-6-17(23-9-14)27-13-16(22)11-25-27/h5-9,11-13H,10H2,1-4H3,(H,24,28). The molecule has 3 aromatic heterocycles. The lowest BCUT2D eigenvalue weighted by Gasteiger charge is -2.32. The molecule has 30 heavy (non-hydrogen) atoms. The number of rotatable bonds is 4. The van der Waals surface area contributed by atoms with Crippen LogP contribution in [-0.4, -0.2) is 43.7 Å². The van der Waals surface area contributed by atoms with Crippen molar-refractivity contribution in [2.24, 2.45) is 0 Å². The average Bonchev–Trinajstić information content (AvgIpc) is 3.39. The normalized spacial score (nSPS) is 17.3. The molecule has 4 rings (SSSR count). The summed E-state index contributed by atoms with van der Waals surface area (Å²) in [7, 11) is -0.520. The molecule has 0 atom stereocenters. The summed E-state index contributed by atoms with van der Waals surface area (Å²) in [5.41, 5.74) is 0.700. The van der Waals surface area contributed by atoms with Crippen molar-refractivity contribution in [3.8, 4) is 5.82 Å². The molecule has 1 N–H and O–H groups in total. The van der Waals surface area contributed by atoms with Crippen molar-refractivity contribution in [3.05, 3.63) is 60.6 Å². The van der Waals surface area contributed by atoms with Gasteiger partial charge in [-0.2, -0.15) is 5.10 Å². The Hall–Kier alpha value is -2.98. The van der Waals surface area contributed by atoms with Gasteiger partial charge in [-0.25, -0.2) is 18.9 Å². The Labute approximate surface area is 174 Å². The topological polar surface area (TPSA) is 83.2 Å². The summed E-state index contributed by atoms with van der Waals surface area (Å²) in [6.07, 6.45) is 7.34. The Bertz CT molecular complexity index is 1040. The van der Waals surface area contributed by atoms with Gasteiger partial charge in [0.2, 0.25) is 0 Å².